The molecule has 4 aromatic rings. The normalized spacial score (nSPS) is 16.5. The Morgan fingerprint density at radius 2 is 1.91 bits per heavy atom. The molecule has 1 amide bonds. The van der Waals surface area contributed by atoms with Crippen molar-refractivity contribution in [1.82, 2.24) is 24.6 Å². The molecule has 1 saturated heterocycles. The number of carbonyl (C=O) groups is 1. The second kappa shape index (κ2) is 12.9. The first-order valence-electron chi connectivity index (χ1n) is 15.3. The predicted molar refractivity (Wildman–Crippen MR) is 169 cm³/mol. The van der Waals surface area contributed by atoms with Gasteiger partial charge in [0, 0.05) is 37.8 Å². The van der Waals surface area contributed by atoms with Crippen molar-refractivity contribution in [3.8, 4) is 34.7 Å². The van der Waals surface area contributed by atoms with Gasteiger partial charge in [-0.25, -0.2) is 4.98 Å². The number of hydrogen-bond donors (Lipinski definition) is 1. The predicted octanol–water partition coefficient (Wildman–Crippen LogP) is 6.15. The van der Waals surface area contributed by atoms with Gasteiger partial charge in [0.15, 0.2) is 5.82 Å². The van der Waals surface area contributed by atoms with Crippen molar-refractivity contribution in [2.45, 2.75) is 45.5 Å². The maximum Gasteiger partial charge on any atom is 0.416 e. The van der Waals surface area contributed by atoms with Crippen molar-refractivity contribution < 1.29 is 18.0 Å². The van der Waals surface area contributed by atoms with E-state index in [1.54, 1.807) is 48.0 Å². The number of likely N-dealkylation sites (tertiary alicyclic amines) is 1. The summed E-state index contributed by atoms with van der Waals surface area (Å²) in [5, 5.41) is 30.0. The molecule has 1 fully saturated rings. The standard InChI is InChI=1S/C34H32F3N9O/c1-21-5-3-10-45(17-21)18-23-12-27-28(29(13-23)34(35,36)37)19-46(33(27)47)31-15-24(14-30(42-31)40-9-4-8-38)25-7-6-22(16-39)11-26(25)32-43-41-20-44(32)2/h6-7,11-15,20-21H,3-5,9-10,17-19H2,1-2H3,(H,40,42)/t21-/m1/s1. The molecule has 0 spiro atoms. The molecule has 10 nitrogen and oxygen atoms in total. The molecule has 4 heterocycles. The number of aryl methyl sites for hydroxylation is 1. The van der Waals surface area contributed by atoms with E-state index in [9.17, 15) is 23.2 Å². The zero-order valence-electron chi connectivity index (χ0n) is 26.0. The lowest BCUT2D eigenvalue weighted by atomic mass is 9.96. The first-order chi connectivity index (χ1) is 22.5. The molecule has 0 saturated carbocycles. The van der Waals surface area contributed by atoms with Gasteiger partial charge in [-0.3, -0.25) is 14.6 Å². The van der Waals surface area contributed by atoms with Crippen LogP contribution in [0.25, 0.3) is 22.5 Å². The maximum absolute atomic E-state index is 14.5. The number of pyridine rings is 1. The zero-order valence-corrected chi connectivity index (χ0v) is 26.0. The average molecular weight is 640 g/mol. The largest absolute Gasteiger partial charge is 0.416 e. The highest BCUT2D eigenvalue weighted by Crippen LogP contribution is 2.41. The molecule has 47 heavy (non-hydrogen) atoms. The summed E-state index contributed by atoms with van der Waals surface area (Å²) in [5.74, 6) is 0.860. The summed E-state index contributed by atoms with van der Waals surface area (Å²) < 4.78 is 45.2. The Bertz CT molecular complexity index is 1920. The van der Waals surface area contributed by atoms with Gasteiger partial charge >= 0.3 is 6.18 Å². The smallest absolute Gasteiger partial charge is 0.369 e. The summed E-state index contributed by atoms with van der Waals surface area (Å²) in [5.41, 5.74) is 1.79. The molecule has 1 N–H and O–H groups in total. The summed E-state index contributed by atoms with van der Waals surface area (Å²) in [6, 6.07) is 15.4. The van der Waals surface area contributed by atoms with E-state index in [1.165, 1.54) is 17.3 Å². The van der Waals surface area contributed by atoms with E-state index in [2.05, 4.69) is 44.5 Å². The summed E-state index contributed by atoms with van der Waals surface area (Å²) >= 11 is 0. The van der Waals surface area contributed by atoms with Crippen LogP contribution in [0.1, 0.15) is 58.8 Å². The van der Waals surface area contributed by atoms with Crippen LogP contribution in [0.15, 0.2) is 48.8 Å². The highest BCUT2D eigenvalue weighted by atomic mass is 19.4. The first kappa shape index (κ1) is 31.7. The highest BCUT2D eigenvalue weighted by molar-refractivity contribution is 6.10. The number of hydrogen-bond acceptors (Lipinski definition) is 8. The van der Waals surface area contributed by atoms with E-state index >= 15 is 0 Å². The number of piperidine rings is 1. The van der Waals surface area contributed by atoms with Crippen molar-refractivity contribution in [3.05, 3.63) is 76.6 Å². The third-order valence-corrected chi connectivity index (χ3v) is 8.60. The van der Waals surface area contributed by atoms with Crippen LogP contribution in [0.2, 0.25) is 0 Å². The van der Waals surface area contributed by atoms with Crippen LogP contribution in [0.4, 0.5) is 24.8 Å². The molecule has 2 aliphatic rings. The average Bonchev–Trinajstić information content (AvgIpc) is 3.62. The molecular formula is C34H32F3N9O. The molecule has 2 aromatic carbocycles. The Balaban J connectivity index is 1.43. The van der Waals surface area contributed by atoms with Gasteiger partial charge in [0.05, 0.1) is 36.2 Å². The quantitative estimate of drug-likeness (QED) is 0.228. The number of aromatic nitrogens is 4. The lowest BCUT2D eigenvalue weighted by molar-refractivity contribution is -0.138. The molecule has 13 heteroatoms. The third-order valence-electron chi connectivity index (χ3n) is 8.60. The number of nitrogens with one attached hydrogen (secondary N) is 1. The van der Waals surface area contributed by atoms with E-state index < -0.39 is 17.6 Å². The molecule has 1 atom stereocenters. The minimum atomic E-state index is -4.65. The van der Waals surface area contributed by atoms with E-state index in [0.29, 0.717) is 51.9 Å². The van der Waals surface area contributed by atoms with Gasteiger partial charge in [0.2, 0.25) is 0 Å². The van der Waals surface area contributed by atoms with Gasteiger partial charge in [0.25, 0.3) is 5.91 Å². The number of anilines is 2. The SMILES string of the molecule is C[C@@H]1CCCN(Cc2cc3c(c(C(F)(F)F)c2)CN(c2cc(-c4ccc(C#N)cc4-c4nncn4C)cc(NCCC#N)n2)C3=O)C1. The van der Waals surface area contributed by atoms with Gasteiger partial charge in [0.1, 0.15) is 18.0 Å². The van der Waals surface area contributed by atoms with Gasteiger partial charge in [-0.2, -0.15) is 23.7 Å². The van der Waals surface area contributed by atoms with Crippen LogP contribution in [-0.4, -0.2) is 50.2 Å². The van der Waals surface area contributed by atoms with E-state index in [4.69, 9.17) is 5.26 Å². The van der Waals surface area contributed by atoms with Crippen LogP contribution >= 0.6 is 0 Å². The fourth-order valence-corrected chi connectivity index (χ4v) is 6.41. The molecule has 0 unspecified atom stereocenters. The first-order valence-corrected chi connectivity index (χ1v) is 15.3. The summed E-state index contributed by atoms with van der Waals surface area (Å²) in [6.07, 6.45) is -0.870. The number of carbonyl (C=O) groups excluding carboxylic acids is 1. The molecule has 2 aromatic heterocycles. The molecule has 240 valence electrons. The van der Waals surface area contributed by atoms with Gasteiger partial charge in [-0.15, -0.1) is 10.2 Å². The van der Waals surface area contributed by atoms with Crippen LogP contribution in [0, 0.1) is 28.6 Å². The van der Waals surface area contributed by atoms with E-state index in [-0.39, 0.29) is 36.5 Å². The molecule has 2 aliphatic heterocycles. The highest BCUT2D eigenvalue weighted by Gasteiger charge is 2.41. The Labute approximate surface area is 270 Å². The molecular weight excluding hydrogens is 607 g/mol. The van der Waals surface area contributed by atoms with Crippen molar-refractivity contribution in [2.24, 2.45) is 13.0 Å². The fraction of sp³-hybridized carbons (Fsp3) is 0.353. The Hall–Kier alpha value is -5.27. The summed E-state index contributed by atoms with van der Waals surface area (Å²) in [4.78, 5) is 22.0. The Kier molecular flexibility index (Phi) is 8.67. The number of nitrogens with zero attached hydrogens (tertiary/aromatic N) is 8. The van der Waals surface area contributed by atoms with Gasteiger partial charge in [-0.05, 0) is 84.0 Å². The topological polar surface area (TPSA) is 127 Å². The van der Waals surface area contributed by atoms with Crippen LogP contribution in [0.3, 0.4) is 0 Å². The number of amides is 1. The second-order valence-corrected chi connectivity index (χ2v) is 12.1. The van der Waals surface area contributed by atoms with Crippen LogP contribution in [-0.2, 0) is 26.3 Å². The lowest BCUT2D eigenvalue weighted by Gasteiger charge is -2.31. The summed E-state index contributed by atoms with van der Waals surface area (Å²) in [6.45, 7) is 4.02. The maximum atomic E-state index is 14.5. The van der Waals surface area contributed by atoms with Crippen molar-refractivity contribution >= 4 is 17.5 Å². The molecule has 0 aliphatic carbocycles. The summed E-state index contributed by atoms with van der Waals surface area (Å²) in [7, 11) is 1.77. The molecule has 6 rings (SSSR count). The number of benzene rings is 2. The van der Waals surface area contributed by atoms with E-state index in [0.717, 1.165) is 25.9 Å². The zero-order chi connectivity index (χ0) is 33.3. The number of nitriles is 2. The number of rotatable bonds is 8. The second-order valence-electron chi connectivity index (χ2n) is 12.1. The van der Waals surface area contributed by atoms with Crippen molar-refractivity contribution in [1.29, 1.82) is 10.5 Å². The lowest BCUT2D eigenvalue weighted by Crippen LogP contribution is -2.33. The van der Waals surface area contributed by atoms with Gasteiger partial charge < -0.3 is 9.88 Å². The van der Waals surface area contributed by atoms with Crippen LogP contribution in [0.5, 0.6) is 0 Å². The number of halogens is 3. The Morgan fingerprint density at radius 3 is 2.62 bits per heavy atom. The molecule has 0 radical (unpaired) electrons. The number of alkyl halides is 3. The fourth-order valence-electron chi connectivity index (χ4n) is 6.41. The third kappa shape index (κ3) is 6.53. The Morgan fingerprint density at radius 1 is 1.09 bits per heavy atom. The van der Waals surface area contributed by atoms with Crippen molar-refractivity contribution in [3.63, 3.8) is 0 Å². The number of fused-ring (bicyclic) bond motifs is 1. The minimum Gasteiger partial charge on any atom is -0.369 e. The van der Waals surface area contributed by atoms with Crippen molar-refractivity contribution in [2.75, 3.05) is 29.9 Å². The van der Waals surface area contributed by atoms with E-state index in [1.807, 2.05) is 0 Å². The minimum absolute atomic E-state index is 0.0178. The molecule has 0 bridgehead atoms. The van der Waals surface area contributed by atoms with Gasteiger partial charge in [-0.1, -0.05) is 13.0 Å². The monoisotopic (exact) mass is 639 g/mol. The van der Waals surface area contributed by atoms with Crippen LogP contribution < -0.4 is 10.2 Å².